The Morgan fingerprint density at radius 2 is 1.83 bits per heavy atom. The molecule has 0 N–H and O–H groups in total. The van der Waals surface area contributed by atoms with Gasteiger partial charge in [-0.15, -0.1) is 12.4 Å². The van der Waals surface area contributed by atoms with Gasteiger partial charge >= 0.3 is 0 Å². The van der Waals surface area contributed by atoms with E-state index >= 15 is 0 Å². The molecule has 0 atom stereocenters. The molecular formula is C22H28ClN3O2S. The van der Waals surface area contributed by atoms with Crippen LogP contribution in [0.2, 0.25) is 0 Å². The highest BCUT2D eigenvalue weighted by Gasteiger charge is 2.24. The first-order chi connectivity index (χ1) is 13.4. The summed E-state index contributed by atoms with van der Waals surface area (Å²) < 4.78 is 6.52. The fourth-order valence-corrected chi connectivity index (χ4v) is 4.18. The molecule has 0 radical (unpaired) electrons. The van der Waals surface area contributed by atoms with Gasteiger partial charge in [-0.3, -0.25) is 9.69 Å². The van der Waals surface area contributed by atoms with Crippen molar-refractivity contribution in [2.24, 2.45) is 0 Å². The van der Waals surface area contributed by atoms with Crippen LogP contribution in [-0.4, -0.2) is 50.1 Å². The Hall–Kier alpha value is -2.15. The second-order valence-corrected chi connectivity index (χ2v) is 8.17. The minimum Gasteiger partial charge on any atom is -0.496 e. The predicted molar refractivity (Wildman–Crippen MR) is 124 cm³/mol. The number of amides is 1. The van der Waals surface area contributed by atoms with Gasteiger partial charge in [0.25, 0.3) is 5.91 Å². The number of ether oxygens (including phenoxy) is 1. The maximum absolute atomic E-state index is 13.4. The fourth-order valence-electron chi connectivity index (χ4n) is 3.13. The average Bonchev–Trinajstić information content (AvgIpc) is 3.12. The third-order valence-corrected chi connectivity index (χ3v) is 5.92. The Morgan fingerprint density at radius 3 is 2.52 bits per heavy atom. The maximum atomic E-state index is 13.4. The van der Waals surface area contributed by atoms with Gasteiger partial charge in [-0.1, -0.05) is 29.5 Å². The van der Waals surface area contributed by atoms with E-state index in [1.165, 1.54) is 5.56 Å². The summed E-state index contributed by atoms with van der Waals surface area (Å²) in [5, 5.41) is 0.735. The molecule has 3 aromatic rings. The van der Waals surface area contributed by atoms with Crippen molar-refractivity contribution in [2.45, 2.75) is 20.3 Å². The summed E-state index contributed by atoms with van der Waals surface area (Å²) >= 11 is 1.56. The third-order valence-electron chi connectivity index (χ3n) is 4.87. The van der Waals surface area contributed by atoms with Crippen molar-refractivity contribution in [2.75, 3.05) is 39.2 Å². The maximum Gasteiger partial charge on any atom is 0.263 e. The third kappa shape index (κ3) is 5.07. The molecule has 7 heteroatoms. The largest absolute Gasteiger partial charge is 0.496 e. The van der Waals surface area contributed by atoms with Crippen LogP contribution in [0, 0.1) is 13.8 Å². The number of fused-ring (bicyclic) bond motifs is 1. The van der Waals surface area contributed by atoms with Crippen molar-refractivity contribution >= 4 is 45.0 Å². The second kappa shape index (κ2) is 10.1. The number of anilines is 1. The van der Waals surface area contributed by atoms with Gasteiger partial charge in [-0.05, 0) is 70.2 Å². The van der Waals surface area contributed by atoms with Crippen LogP contribution in [0.3, 0.4) is 0 Å². The zero-order valence-corrected chi connectivity index (χ0v) is 19.2. The number of hydrogen-bond donors (Lipinski definition) is 0. The Balaban J connectivity index is 0.00000300. The lowest BCUT2D eigenvalue weighted by Gasteiger charge is -2.22. The van der Waals surface area contributed by atoms with Gasteiger partial charge in [0.05, 0.1) is 22.9 Å². The van der Waals surface area contributed by atoms with Gasteiger partial charge in [0.1, 0.15) is 5.75 Å². The van der Waals surface area contributed by atoms with Crippen molar-refractivity contribution in [1.82, 2.24) is 9.88 Å². The lowest BCUT2D eigenvalue weighted by molar-refractivity contribution is 0.0983. The molecule has 1 amide bonds. The molecule has 0 bridgehead atoms. The smallest absolute Gasteiger partial charge is 0.263 e. The van der Waals surface area contributed by atoms with Crippen LogP contribution in [0.15, 0.2) is 36.4 Å². The van der Waals surface area contributed by atoms with E-state index in [4.69, 9.17) is 9.72 Å². The summed E-state index contributed by atoms with van der Waals surface area (Å²) in [5.41, 5.74) is 3.91. The minimum atomic E-state index is -0.0790. The number of methoxy groups -OCH3 is 1. The number of aromatic nitrogens is 1. The van der Waals surface area contributed by atoms with Crippen molar-refractivity contribution in [3.8, 4) is 5.75 Å². The first-order valence-electron chi connectivity index (χ1n) is 9.38. The highest BCUT2D eigenvalue weighted by molar-refractivity contribution is 7.22. The van der Waals surface area contributed by atoms with Crippen LogP contribution in [0.4, 0.5) is 5.13 Å². The topological polar surface area (TPSA) is 45.7 Å². The fraction of sp³-hybridized carbons (Fsp3) is 0.364. The molecule has 0 saturated heterocycles. The molecule has 0 spiro atoms. The van der Waals surface area contributed by atoms with E-state index in [-0.39, 0.29) is 18.3 Å². The lowest BCUT2D eigenvalue weighted by Crippen LogP contribution is -2.33. The van der Waals surface area contributed by atoms with Gasteiger partial charge in [0.15, 0.2) is 5.13 Å². The number of halogens is 1. The van der Waals surface area contributed by atoms with Crippen LogP contribution in [0.25, 0.3) is 10.2 Å². The monoisotopic (exact) mass is 433 g/mol. The number of aryl methyl sites for hydroxylation is 2. The molecule has 2 aromatic carbocycles. The molecule has 1 aromatic heterocycles. The van der Waals surface area contributed by atoms with Gasteiger partial charge in [-0.25, -0.2) is 4.98 Å². The highest BCUT2D eigenvalue weighted by Crippen LogP contribution is 2.33. The average molecular weight is 434 g/mol. The summed E-state index contributed by atoms with van der Waals surface area (Å²) in [6, 6.07) is 11.6. The number of nitrogens with zero attached hydrogens (tertiary/aromatic N) is 3. The Labute approximate surface area is 182 Å². The normalized spacial score (nSPS) is 10.8. The first-order valence-corrected chi connectivity index (χ1v) is 10.2. The molecule has 5 nitrogen and oxygen atoms in total. The highest BCUT2D eigenvalue weighted by atomic mass is 35.5. The zero-order chi connectivity index (χ0) is 20.3. The summed E-state index contributed by atoms with van der Waals surface area (Å²) in [5.74, 6) is 0.503. The van der Waals surface area contributed by atoms with E-state index in [0.29, 0.717) is 17.9 Å². The first kappa shape index (κ1) is 23.1. The Bertz CT molecular complexity index is 987. The van der Waals surface area contributed by atoms with Crippen molar-refractivity contribution in [1.29, 1.82) is 0 Å². The van der Waals surface area contributed by atoms with Gasteiger partial charge < -0.3 is 9.64 Å². The Morgan fingerprint density at radius 1 is 1.10 bits per heavy atom. The van der Waals surface area contributed by atoms with E-state index in [2.05, 4.69) is 30.9 Å². The summed E-state index contributed by atoms with van der Waals surface area (Å²) in [4.78, 5) is 22.2. The van der Waals surface area contributed by atoms with Crippen molar-refractivity contribution in [3.63, 3.8) is 0 Å². The lowest BCUT2D eigenvalue weighted by atomic mass is 10.1. The standard InChI is InChI=1S/C22H27N3O2S.ClH/c1-15-11-12-19-20(16(15)2)23-22(28-19)25(14-8-13-24(3)4)21(26)17-9-6-7-10-18(17)27-5;/h6-7,9-12H,8,13-14H2,1-5H3;1H. The molecule has 156 valence electrons. The quantitative estimate of drug-likeness (QED) is 0.529. The van der Waals surface area contributed by atoms with Crippen LogP contribution < -0.4 is 9.64 Å². The predicted octanol–water partition coefficient (Wildman–Crippen LogP) is 4.94. The van der Waals surface area contributed by atoms with Gasteiger partial charge in [0, 0.05) is 6.54 Å². The molecule has 0 aliphatic heterocycles. The van der Waals surface area contributed by atoms with Crippen LogP contribution in [-0.2, 0) is 0 Å². The summed E-state index contributed by atoms with van der Waals surface area (Å²) in [7, 11) is 5.67. The summed E-state index contributed by atoms with van der Waals surface area (Å²) in [6.07, 6.45) is 0.863. The van der Waals surface area contributed by atoms with Crippen LogP contribution in [0.1, 0.15) is 27.9 Å². The Kier molecular flexibility index (Phi) is 8.02. The second-order valence-electron chi connectivity index (χ2n) is 7.16. The number of thiazole rings is 1. The summed E-state index contributed by atoms with van der Waals surface area (Å²) in [6.45, 7) is 5.67. The zero-order valence-electron chi connectivity index (χ0n) is 17.6. The number of carbonyl (C=O) groups is 1. The number of carbonyl (C=O) groups excluding carboxylic acids is 1. The van der Waals surface area contributed by atoms with Gasteiger partial charge in [0.2, 0.25) is 0 Å². The van der Waals surface area contributed by atoms with Crippen LogP contribution in [0.5, 0.6) is 5.75 Å². The number of para-hydroxylation sites is 1. The number of rotatable bonds is 7. The molecular weight excluding hydrogens is 406 g/mol. The number of benzene rings is 2. The van der Waals surface area contributed by atoms with E-state index in [1.807, 2.05) is 38.4 Å². The molecule has 29 heavy (non-hydrogen) atoms. The molecule has 0 aliphatic rings. The van der Waals surface area contributed by atoms with E-state index < -0.39 is 0 Å². The van der Waals surface area contributed by atoms with E-state index in [9.17, 15) is 4.79 Å². The molecule has 3 rings (SSSR count). The minimum absolute atomic E-state index is 0. The SMILES string of the molecule is COc1ccccc1C(=O)N(CCCN(C)C)c1nc2c(C)c(C)ccc2s1.Cl. The molecule has 0 saturated carbocycles. The van der Waals surface area contributed by atoms with Crippen LogP contribution >= 0.6 is 23.7 Å². The van der Waals surface area contributed by atoms with E-state index in [0.717, 1.165) is 33.9 Å². The molecule has 0 aliphatic carbocycles. The van der Waals surface area contributed by atoms with Crippen molar-refractivity contribution < 1.29 is 9.53 Å². The van der Waals surface area contributed by atoms with Gasteiger partial charge in [-0.2, -0.15) is 0 Å². The van der Waals surface area contributed by atoms with E-state index in [1.54, 1.807) is 23.3 Å². The molecule has 0 fully saturated rings. The molecule has 0 unspecified atom stereocenters. The molecule has 1 heterocycles. The van der Waals surface area contributed by atoms with Crippen molar-refractivity contribution in [3.05, 3.63) is 53.1 Å². The number of hydrogen-bond acceptors (Lipinski definition) is 5.